The zero-order chi connectivity index (χ0) is 12.3. The molecule has 1 aromatic rings. The third kappa shape index (κ3) is 2.26. The highest BCUT2D eigenvalue weighted by Gasteiger charge is 2.26. The van der Waals surface area contributed by atoms with E-state index in [1.54, 1.807) is 14.1 Å². The van der Waals surface area contributed by atoms with E-state index in [9.17, 15) is 4.79 Å². The topological polar surface area (TPSA) is 49.0 Å². The summed E-state index contributed by atoms with van der Waals surface area (Å²) < 4.78 is 0. The van der Waals surface area contributed by atoms with Gasteiger partial charge in [-0.1, -0.05) is 20.8 Å². The van der Waals surface area contributed by atoms with Crippen molar-refractivity contribution in [3.8, 4) is 0 Å². The third-order valence-electron chi connectivity index (χ3n) is 3.41. The van der Waals surface area contributed by atoms with Gasteiger partial charge in [0.05, 0.1) is 0 Å². The van der Waals surface area contributed by atoms with Gasteiger partial charge in [-0.25, -0.2) is 0 Å². The van der Waals surface area contributed by atoms with Crippen LogP contribution in [0.5, 0.6) is 0 Å². The second-order valence-corrected chi connectivity index (χ2v) is 4.63. The molecule has 0 aromatic carbocycles. The van der Waals surface area contributed by atoms with Crippen molar-refractivity contribution in [3.05, 3.63) is 17.5 Å². The van der Waals surface area contributed by atoms with Gasteiger partial charge in [-0.05, 0) is 18.9 Å². The lowest BCUT2D eigenvalue weighted by atomic mass is 9.81. The third-order valence-corrected chi connectivity index (χ3v) is 3.41. The van der Waals surface area contributed by atoms with E-state index in [-0.39, 0.29) is 11.3 Å². The standard InChI is InChI=1S/C12H21N3O/c1-6-12(3,7-2)10-8-9(13-14-10)11(16)15(4)5/h8H,6-7H2,1-5H3,(H,13,14). The highest BCUT2D eigenvalue weighted by atomic mass is 16.2. The summed E-state index contributed by atoms with van der Waals surface area (Å²) in [6.07, 6.45) is 2.06. The Morgan fingerprint density at radius 3 is 2.44 bits per heavy atom. The summed E-state index contributed by atoms with van der Waals surface area (Å²) in [5, 5.41) is 7.07. The number of H-pyrrole nitrogens is 1. The first-order valence-corrected chi connectivity index (χ1v) is 5.72. The molecule has 1 rings (SSSR count). The van der Waals surface area contributed by atoms with E-state index < -0.39 is 0 Å². The Kier molecular flexibility index (Phi) is 3.73. The molecular formula is C12H21N3O. The van der Waals surface area contributed by atoms with Gasteiger partial charge in [-0.2, -0.15) is 5.10 Å². The molecule has 1 aromatic heterocycles. The van der Waals surface area contributed by atoms with Gasteiger partial charge in [0.25, 0.3) is 5.91 Å². The second-order valence-electron chi connectivity index (χ2n) is 4.63. The molecule has 0 unspecified atom stereocenters. The molecule has 0 radical (unpaired) electrons. The summed E-state index contributed by atoms with van der Waals surface area (Å²) >= 11 is 0. The van der Waals surface area contributed by atoms with Crippen LogP contribution in [0.2, 0.25) is 0 Å². The largest absolute Gasteiger partial charge is 0.343 e. The van der Waals surface area contributed by atoms with E-state index in [4.69, 9.17) is 0 Å². The molecule has 0 saturated carbocycles. The number of rotatable bonds is 4. The number of carbonyl (C=O) groups excluding carboxylic acids is 1. The average molecular weight is 223 g/mol. The lowest BCUT2D eigenvalue weighted by Crippen LogP contribution is -2.22. The van der Waals surface area contributed by atoms with Crippen molar-refractivity contribution in [2.75, 3.05) is 14.1 Å². The molecule has 4 nitrogen and oxygen atoms in total. The molecule has 0 atom stereocenters. The first-order valence-electron chi connectivity index (χ1n) is 5.72. The molecular weight excluding hydrogens is 202 g/mol. The first-order chi connectivity index (χ1) is 7.44. The van der Waals surface area contributed by atoms with Crippen LogP contribution in [-0.2, 0) is 5.41 Å². The van der Waals surface area contributed by atoms with Crippen LogP contribution in [0.3, 0.4) is 0 Å². The molecule has 90 valence electrons. The molecule has 0 aliphatic rings. The van der Waals surface area contributed by atoms with Crippen LogP contribution < -0.4 is 0 Å². The molecule has 0 fully saturated rings. The van der Waals surface area contributed by atoms with E-state index in [1.807, 2.05) is 6.07 Å². The summed E-state index contributed by atoms with van der Waals surface area (Å²) in [5.41, 5.74) is 1.62. The second kappa shape index (κ2) is 4.68. The quantitative estimate of drug-likeness (QED) is 0.850. The van der Waals surface area contributed by atoms with Crippen molar-refractivity contribution < 1.29 is 4.79 Å². The Bertz CT molecular complexity index is 364. The fourth-order valence-corrected chi connectivity index (χ4v) is 1.60. The maximum atomic E-state index is 11.7. The van der Waals surface area contributed by atoms with Crippen LogP contribution in [0.15, 0.2) is 6.07 Å². The Morgan fingerprint density at radius 2 is 2.00 bits per heavy atom. The van der Waals surface area contributed by atoms with Crippen LogP contribution in [-0.4, -0.2) is 35.1 Å². The summed E-state index contributed by atoms with van der Waals surface area (Å²) in [5.74, 6) is -0.0583. The van der Waals surface area contributed by atoms with E-state index in [0.717, 1.165) is 18.5 Å². The summed E-state index contributed by atoms with van der Waals surface area (Å²) in [6.45, 7) is 6.49. The average Bonchev–Trinajstić information content (AvgIpc) is 2.76. The van der Waals surface area contributed by atoms with E-state index in [1.165, 1.54) is 4.90 Å². The molecule has 0 spiro atoms. The number of aromatic nitrogens is 2. The van der Waals surface area contributed by atoms with Gasteiger partial charge in [-0.3, -0.25) is 9.89 Å². The van der Waals surface area contributed by atoms with Gasteiger partial charge in [0.2, 0.25) is 0 Å². The normalized spacial score (nSPS) is 11.6. The number of aromatic amines is 1. The minimum absolute atomic E-state index is 0.0583. The molecule has 0 aliphatic heterocycles. The maximum Gasteiger partial charge on any atom is 0.273 e. The molecule has 0 aliphatic carbocycles. The van der Waals surface area contributed by atoms with Crippen LogP contribution in [0, 0.1) is 0 Å². The van der Waals surface area contributed by atoms with Crippen molar-refractivity contribution in [2.24, 2.45) is 0 Å². The van der Waals surface area contributed by atoms with Gasteiger partial charge in [0.15, 0.2) is 0 Å². The van der Waals surface area contributed by atoms with Crippen molar-refractivity contribution in [1.29, 1.82) is 0 Å². The minimum atomic E-state index is -0.0583. The zero-order valence-electron chi connectivity index (χ0n) is 10.8. The van der Waals surface area contributed by atoms with Crippen molar-refractivity contribution in [3.63, 3.8) is 0 Å². The number of amides is 1. The fourth-order valence-electron chi connectivity index (χ4n) is 1.60. The maximum absolute atomic E-state index is 11.7. The van der Waals surface area contributed by atoms with Crippen LogP contribution in [0.25, 0.3) is 0 Å². The monoisotopic (exact) mass is 223 g/mol. The predicted octanol–water partition coefficient (Wildman–Crippen LogP) is 2.19. The lowest BCUT2D eigenvalue weighted by Gasteiger charge is -2.24. The van der Waals surface area contributed by atoms with E-state index in [2.05, 4.69) is 31.0 Å². The molecule has 0 saturated heterocycles. The van der Waals surface area contributed by atoms with Gasteiger partial charge in [0.1, 0.15) is 5.69 Å². The SMILES string of the molecule is CCC(C)(CC)c1cc(C(=O)N(C)C)n[nH]1. The molecule has 4 heteroatoms. The Labute approximate surface area is 97.0 Å². The highest BCUT2D eigenvalue weighted by Crippen LogP contribution is 2.29. The Balaban J connectivity index is 2.99. The smallest absolute Gasteiger partial charge is 0.273 e. The fraction of sp³-hybridized carbons (Fsp3) is 0.667. The predicted molar refractivity (Wildman–Crippen MR) is 64.5 cm³/mol. The van der Waals surface area contributed by atoms with Crippen LogP contribution >= 0.6 is 0 Å². The Hall–Kier alpha value is -1.32. The Morgan fingerprint density at radius 1 is 1.44 bits per heavy atom. The minimum Gasteiger partial charge on any atom is -0.343 e. The van der Waals surface area contributed by atoms with Crippen molar-refractivity contribution >= 4 is 5.91 Å². The number of hydrogen-bond donors (Lipinski definition) is 1. The summed E-state index contributed by atoms with van der Waals surface area (Å²) in [6, 6.07) is 1.87. The summed E-state index contributed by atoms with van der Waals surface area (Å²) in [4.78, 5) is 13.2. The van der Waals surface area contributed by atoms with Gasteiger partial charge >= 0.3 is 0 Å². The van der Waals surface area contributed by atoms with E-state index in [0.29, 0.717) is 5.69 Å². The number of nitrogens with zero attached hydrogens (tertiary/aromatic N) is 2. The molecule has 1 N–H and O–H groups in total. The van der Waals surface area contributed by atoms with Gasteiger partial charge in [-0.15, -0.1) is 0 Å². The van der Waals surface area contributed by atoms with Crippen molar-refractivity contribution in [2.45, 2.75) is 39.0 Å². The molecule has 0 bridgehead atoms. The highest BCUT2D eigenvalue weighted by molar-refractivity contribution is 5.92. The number of nitrogens with one attached hydrogen (secondary N) is 1. The molecule has 1 amide bonds. The summed E-state index contributed by atoms with van der Waals surface area (Å²) in [7, 11) is 3.46. The van der Waals surface area contributed by atoms with E-state index >= 15 is 0 Å². The number of hydrogen-bond acceptors (Lipinski definition) is 2. The molecule has 1 heterocycles. The zero-order valence-corrected chi connectivity index (χ0v) is 10.8. The molecule has 16 heavy (non-hydrogen) atoms. The lowest BCUT2D eigenvalue weighted by molar-refractivity contribution is 0.0822. The number of carbonyl (C=O) groups is 1. The van der Waals surface area contributed by atoms with Crippen LogP contribution in [0.1, 0.15) is 49.8 Å². The van der Waals surface area contributed by atoms with Crippen molar-refractivity contribution in [1.82, 2.24) is 15.1 Å². The first kappa shape index (κ1) is 12.7. The van der Waals surface area contributed by atoms with Crippen LogP contribution in [0.4, 0.5) is 0 Å². The van der Waals surface area contributed by atoms with Gasteiger partial charge in [0, 0.05) is 25.2 Å². The van der Waals surface area contributed by atoms with Gasteiger partial charge < -0.3 is 4.90 Å².